The van der Waals surface area contributed by atoms with Crippen molar-refractivity contribution in [1.29, 1.82) is 0 Å². The van der Waals surface area contributed by atoms with Gasteiger partial charge in [0.25, 0.3) is 0 Å². The van der Waals surface area contributed by atoms with E-state index < -0.39 is 41.8 Å². The largest absolute Gasteiger partial charge is 0.451 e. The number of carbonyl (C=O) groups is 2. The summed E-state index contributed by atoms with van der Waals surface area (Å²) in [5.74, 6) is -1.88. The zero-order valence-electron chi connectivity index (χ0n) is 18.5. The van der Waals surface area contributed by atoms with Crippen LogP contribution < -0.4 is 5.32 Å². The summed E-state index contributed by atoms with van der Waals surface area (Å²) in [6.45, 7) is 4.63. The molecule has 1 aliphatic rings. The lowest BCUT2D eigenvalue weighted by molar-refractivity contribution is -0.145. The molecule has 1 N–H and O–H groups in total. The first kappa shape index (κ1) is 25.6. The molecule has 0 aromatic carbocycles. The van der Waals surface area contributed by atoms with E-state index in [1.165, 1.54) is 12.3 Å². The van der Waals surface area contributed by atoms with Crippen LogP contribution in [0.5, 0.6) is 0 Å². The van der Waals surface area contributed by atoms with E-state index in [-0.39, 0.29) is 35.8 Å². The van der Waals surface area contributed by atoms with Crippen LogP contribution in [0.15, 0.2) is 24.7 Å². The summed E-state index contributed by atoms with van der Waals surface area (Å²) in [6.07, 6.45) is -3.79. The fraction of sp³-hybridized carbons (Fsp3) is 0.476. The second kappa shape index (κ2) is 9.69. The number of nitrogens with zero attached hydrogens (tertiary/aromatic N) is 4. The summed E-state index contributed by atoms with van der Waals surface area (Å²) in [5, 5.41) is 2.80. The maximum Gasteiger partial charge on any atom is 0.451 e. The number of pyridine rings is 1. The topological polar surface area (TPSA) is 97.3 Å². The molecule has 34 heavy (non-hydrogen) atoms. The minimum atomic E-state index is -4.67. The lowest BCUT2D eigenvalue weighted by atomic mass is 10.1. The van der Waals surface area contributed by atoms with Crippen molar-refractivity contribution in [2.75, 3.05) is 6.54 Å². The fourth-order valence-corrected chi connectivity index (χ4v) is 3.41. The van der Waals surface area contributed by atoms with Gasteiger partial charge in [-0.3, -0.25) is 14.7 Å². The highest BCUT2D eigenvalue weighted by molar-refractivity contribution is 6.31. The Balaban J connectivity index is 1.71. The molecular weight excluding hydrogens is 482 g/mol. The lowest BCUT2D eigenvalue weighted by Gasteiger charge is -2.27. The van der Waals surface area contributed by atoms with Gasteiger partial charge in [-0.05, 0) is 32.4 Å². The molecule has 1 fully saturated rings. The molecule has 0 radical (unpaired) electrons. The molecule has 3 rings (SSSR count). The number of aromatic nitrogens is 3. The summed E-state index contributed by atoms with van der Waals surface area (Å²) in [7, 11) is 0. The van der Waals surface area contributed by atoms with Crippen LogP contribution in [0.3, 0.4) is 0 Å². The van der Waals surface area contributed by atoms with E-state index in [0.29, 0.717) is 5.56 Å². The Labute approximate surface area is 197 Å². The van der Waals surface area contributed by atoms with E-state index >= 15 is 0 Å². The van der Waals surface area contributed by atoms with Crippen molar-refractivity contribution in [1.82, 2.24) is 25.2 Å². The fourth-order valence-electron chi connectivity index (χ4n) is 3.24. The molecule has 1 aliphatic heterocycles. The molecule has 2 amide bonds. The zero-order chi connectivity index (χ0) is 25.3. The van der Waals surface area contributed by atoms with Gasteiger partial charge in [0.15, 0.2) is 0 Å². The van der Waals surface area contributed by atoms with Gasteiger partial charge >= 0.3 is 12.3 Å². The summed E-state index contributed by atoms with van der Waals surface area (Å²) >= 11 is 6.15. The minimum Gasteiger partial charge on any atom is -0.444 e. The van der Waals surface area contributed by atoms with Crippen LogP contribution in [0.2, 0.25) is 5.02 Å². The molecule has 0 spiro atoms. The van der Waals surface area contributed by atoms with Crippen LogP contribution in [-0.2, 0) is 22.3 Å². The van der Waals surface area contributed by atoms with Crippen LogP contribution in [0, 0.1) is 0 Å². The third-order valence-corrected chi connectivity index (χ3v) is 5.11. The van der Waals surface area contributed by atoms with E-state index in [0.717, 1.165) is 17.3 Å². The number of hydrogen-bond acceptors (Lipinski definition) is 6. The molecular formula is C21H22ClF4N5O3. The summed E-state index contributed by atoms with van der Waals surface area (Å²) in [4.78, 5) is 36.8. The number of likely N-dealkylation sites (tertiary alicyclic amines) is 1. The molecule has 2 aromatic heterocycles. The Morgan fingerprint density at radius 1 is 1.18 bits per heavy atom. The van der Waals surface area contributed by atoms with Crippen molar-refractivity contribution in [3.63, 3.8) is 0 Å². The second-order valence-electron chi connectivity index (χ2n) is 8.65. The molecule has 184 valence electrons. The summed E-state index contributed by atoms with van der Waals surface area (Å²) < 4.78 is 57.3. The van der Waals surface area contributed by atoms with Crippen molar-refractivity contribution >= 4 is 23.6 Å². The van der Waals surface area contributed by atoms with E-state index in [2.05, 4.69) is 20.3 Å². The minimum absolute atomic E-state index is 0.0930. The van der Waals surface area contributed by atoms with Crippen molar-refractivity contribution in [2.24, 2.45) is 0 Å². The summed E-state index contributed by atoms with van der Waals surface area (Å²) in [6, 6.07) is 0.403. The number of alkyl halides is 4. The van der Waals surface area contributed by atoms with E-state index in [1.54, 1.807) is 20.8 Å². The van der Waals surface area contributed by atoms with Gasteiger partial charge in [-0.25, -0.2) is 19.2 Å². The highest BCUT2D eigenvalue weighted by Crippen LogP contribution is 2.28. The predicted molar refractivity (Wildman–Crippen MR) is 113 cm³/mol. The van der Waals surface area contributed by atoms with Crippen molar-refractivity contribution < 1.29 is 31.9 Å². The van der Waals surface area contributed by atoms with Crippen LogP contribution >= 0.6 is 11.6 Å². The molecule has 1 saturated heterocycles. The first-order chi connectivity index (χ1) is 15.7. The molecule has 2 aromatic rings. The molecule has 0 bridgehead atoms. The Hall–Kier alpha value is -3.02. The first-order valence-electron chi connectivity index (χ1n) is 10.2. The van der Waals surface area contributed by atoms with Gasteiger partial charge in [0.2, 0.25) is 11.7 Å². The van der Waals surface area contributed by atoms with Crippen LogP contribution in [0.1, 0.15) is 38.6 Å². The van der Waals surface area contributed by atoms with Crippen molar-refractivity contribution in [3.8, 4) is 11.3 Å². The number of rotatable bonds is 4. The molecule has 2 atom stereocenters. The highest BCUT2D eigenvalue weighted by Gasteiger charge is 2.41. The normalized spacial score (nSPS) is 18.6. The standard InChI is InChI=1S/C21H22ClF4N5O3/c1-20(2,3)34-19(33)31-10-13(23)5-16(31)17(32)28-6-11-4-15(27-9-14(11)22)12-7-29-18(30-8-12)21(24,25)26/h4,7-9,13,16H,5-6,10H2,1-3H3,(H,28,32)/t13-,16+/m1/s1. The third-order valence-electron chi connectivity index (χ3n) is 4.77. The Morgan fingerprint density at radius 3 is 2.41 bits per heavy atom. The number of carbonyl (C=O) groups excluding carboxylic acids is 2. The lowest BCUT2D eigenvalue weighted by Crippen LogP contribution is -2.47. The van der Waals surface area contributed by atoms with Gasteiger partial charge in [-0.2, -0.15) is 13.2 Å². The van der Waals surface area contributed by atoms with Gasteiger partial charge in [0.05, 0.1) is 17.3 Å². The molecule has 13 heteroatoms. The van der Waals surface area contributed by atoms with E-state index in [4.69, 9.17) is 16.3 Å². The highest BCUT2D eigenvalue weighted by atomic mass is 35.5. The maximum absolute atomic E-state index is 14.0. The molecule has 0 aliphatic carbocycles. The Kier molecular flexibility index (Phi) is 7.29. The van der Waals surface area contributed by atoms with Gasteiger partial charge < -0.3 is 10.1 Å². The van der Waals surface area contributed by atoms with Crippen molar-refractivity contribution in [2.45, 2.75) is 57.7 Å². The zero-order valence-corrected chi connectivity index (χ0v) is 19.2. The number of hydrogen-bond donors (Lipinski definition) is 1. The molecule has 8 nitrogen and oxygen atoms in total. The van der Waals surface area contributed by atoms with E-state index in [1.807, 2.05) is 0 Å². The van der Waals surface area contributed by atoms with Crippen molar-refractivity contribution in [3.05, 3.63) is 41.1 Å². The molecule has 3 heterocycles. The first-order valence-corrected chi connectivity index (χ1v) is 10.6. The third kappa shape index (κ3) is 6.31. The SMILES string of the molecule is CC(C)(C)OC(=O)N1C[C@H](F)C[C@H]1C(=O)NCc1cc(-c2cnc(C(F)(F)F)nc2)ncc1Cl. The predicted octanol–water partition coefficient (Wildman–Crippen LogP) is 4.17. The summed E-state index contributed by atoms with van der Waals surface area (Å²) in [5.41, 5.74) is 0.0422. The molecule has 0 saturated carbocycles. The second-order valence-corrected chi connectivity index (χ2v) is 9.06. The average molecular weight is 504 g/mol. The number of amides is 2. The van der Waals surface area contributed by atoms with Gasteiger partial charge in [0, 0.05) is 37.1 Å². The average Bonchev–Trinajstić information content (AvgIpc) is 3.13. The smallest absolute Gasteiger partial charge is 0.444 e. The van der Waals surface area contributed by atoms with Crippen LogP contribution in [-0.4, -0.2) is 56.2 Å². The van der Waals surface area contributed by atoms with Gasteiger partial charge in [-0.1, -0.05) is 11.6 Å². The number of nitrogens with one attached hydrogen (secondary N) is 1. The number of ether oxygens (including phenoxy) is 1. The Bertz CT molecular complexity index is 1060. The van der Waals surface area contributed by atoms with Crippen LogP contribution in [0.4, 0.5) is 22.4 Å². The Morgan fingerprint density at radius 2 is 1.82 bits per heavy atom. The van der Waals surface area contributed by atoms with Gasteiger partial charge in [-0.15, -0.1) is 0 Å². The van der Waals surface area contributed by atoms with Crippen LogP contribution in [0.25, 0.3) is 11.3 Å². The monoisotopic (exact) mass is 503 g/mol. The maximum atomic E-state index is 14.0. The van der Waals surface area contributed by atoms with Gasteiger partial charge in [0.1, 0.15) is 17.8 Å². The van der Waals surface area contributed by atoms with E-state index in [9.17, 15) is 27.2 Å². The quantitative estimate of drug-likeness (QED) is 0.629. The number of halogens is 5. The molecule has 0 unspecified atom stereocenters.